The molecule has 96 heavy (non-hydrogen) atoms. The van der Waals surface area contributed by atoms with E-state index in [1.807, 2.05) is 0 Å². The van der Waals surface area contributed by atoms with Gasteiger partial charge in [-0.15, -0.1) is 0 Å². The fourth-order valence-corrected chi connectivity index (χ4v) is 21.6. The molecule has 0 bridgehead atoms. The van der Waals surface area contributed by atoms with Gasteiger partial charge in [-0.2, -0.15) is 0 Å². The molecule has 0 saturated heterocycles. The van der Waals surface area contributed by atoms with Gasteiger partial charge in [0, 0.05) is 77.7 Å². The van der Waals surface area contributed by atoms with Crippen molar-refractivity contribution in [3.8, 4) is 0 Å². The zero-order valence-electron chi connectivity index (χ0n) is 50.4. The minimum absolute atomic E-state index is 0.00848. The van der Waals surface area contributed by atoms with Crippen molar-refractivity contribution in [2.45, 2.75) is 67.8 Å². The van der Waals surface area contributed by atoms with E-state index in [1.54, 1.807) is 203 Å². The van der Waals surface area contributed by atoms with Crippen molar-refractivity contribution in [2.75, 3.05) is 123 Å². The number of likely N-dealkylation sites (N-methyl/N-ethyl adjacent to an activating group) is 3. The maximum Gasteiger partial charge on any atom is 0.256 e. The summed E-state index contributed by atoms with van der Waals surface area (Å²) in [7, 11) is 3.86. The van der Waals surface area contributed by atoms with E-state index in [4.69, 9.17) is 0 Å². The molecule has 42 heteroatoms. The third-order valence-corrected chi connectivity index (χ3v) is 23.4. The highest BCUT2D eigenvalue weighted by Gasteiger charge is 2.37. The van der Waals surface area contributed by atoms with Gasteiger partial charge in [-0.05, 0) is 216 Å². The lowest BCUT2D eigenvalue weighted by molar-refractivity contribution is -0.131. The Labute approximate surface area is 670 Å². The number of hydrogen-bond donors (Lipinski definition) is 20. The van der Waals surface area contributed by atoms with Crippen LogP contribution in [0, 0.1) is 32.1 Å². The number of hydrogen-bond acceptors (Lipinski definition) is 24. The summed E-state index contributed by atoms with van der Waals surface area (Å²) in [6.45, 7) is -7.66. The molecular weight excluding hydrogens is 2300 g/mol. The molecule has 9 atom stereocenters. The monoisotopic (exact) mass is 2370 g/mol. The Morgan fingerprint density at radius 1 is 0.344 bits per heavy atom. The third kappa shape index (κ3) is 22.9. The van der Waals surface area contributed by atoms with E-state index in [-0.39, 0.29) is 122 Å². The van der Waals surface area contributed by atoms with Gasteiger partial charge in [-0.25, -0.2) is 0 Å². The SMILES string of the molecule is CN(CC(O)CO)C(=O)c1c(I)c(NC(=O)C(O)C(O)CO)c(I)c(C(=O)NCCCN(CCCNC(=O)c2c(I)c(NC(=O)C(O)C(O)CO)c(I)c(C(=O)N(C)CC(O)CO)c2I)C(=O)c2c(I)c(NC(=O)C(O)C(O)CO)c(I)c(C(=O)N(C)CC(O)CO)c2I)c1I. The molecular formula is C54H68I9N9O24. The highest BCUT2D eigenvalue weighted by molar-refractivity contribution is 14.1. The molecule has 3 aromatic carbocycles. The molecule has 0 heterocycles. The summed E-state index contributed by atoms with van der Waals surface area (Å²) in [5, 5.41) is 162. The van der Waals surface area contributed by atoms with E-state index in [2.05, 4.69) is 26.6 Å². The molecule has 0 radical (unpaired) electrons. The molecule has 0 aliphatic heterocycles. The Kier molecular flexibility index (Phi) is 38.9. The molecule has 0 spiro atoms. The predicted molar refractivity (Wildman–Crippen MR) is 417 cm³/mol. The number of nitrogens with zero attached hydrogens (tertiary/aromatic N) is 4. The maximum atomic E-state index is 15.5. The Bertz CT molecular complexity index is 3220. The van der Waals surface area contributed by atoms with Crippen LogP contribution in [0.3, 0.4) is 0 Å². The zero-order chi connectivity index (χ0) is 73.2. The number of aliphatic hydroxyl groups is 15. The van der Waals surface area contributed by atoms with Crippen LogP contribution in [0.4, 0.5) is 17.1 Å². The largest absolute Gasteiger partial charge is 0.394 e. The van der Waals surface area contributed by atoms with E-state index >= 15 is 4.79 Å². The lowest BCUT2D eigenvalue weighted by Gasteiger charge is -2.28. The highest BCUT2D eigenvalue weighted by Crippen LogP contribution is 2.40. The third-order valence-electron chi connectivity index (χ3n) is 13.7. The molecule has 33 nitrogen and oxygen atoms in total. The maximum absolute atomic E-state index is 15.5. The summed E-state index contributed by atoms with van der Waals surface area (Å²) in [4.78, 5) is 132. The first-order valence-corrected chi connectivity index (χ1v) is 37.5. The van der Waals surface area contributed by atoms with Crippen molar-refractivity contribution in [3.05, 3.63) is 65.5 Å². The van der Waals surface area contributed by atoms with Gasteiger partial charge in [0.2, 0.25) is 0 Å². The topological polar surface area (TPSA) is 530 Å². The molecule has 0 saturated carbocycles. The van der Waals surface area contributed by atoms with E-state index in [9.17, 15) is 115 Å². The number of carbonyl (C=O) groups is 9. The van der Waals surface area contributed by atoms with Gasteiger partial charge in [0.05, 0.1) is 130 Å². The zero-order valence-corrected chi connectivity index (χ0v) is 69.8. The first-order valence-electron chi connectivity index (χ1n) is 27.8. The van der Waals surface area contributed by atoms with Crippen LogP contribution in [-0.4, -0.2) is 311 Å². The molecule has 20 N–H and O–H groups in total. The number of aliphatic hydroxyl groups excluding tert-OH is 15. The van der Waals surface area contributed by atoms with Crippen LogP contribution in [0.5, 0.6) is 0 Å². The number of carbonyl (C=O) groups excluding carboxylic acids is 9. The lowest BCUT2D eigenvalue weighted by atomic mass is 10.1. The van der Waals surface area contributed by atoms with Gasteiger partial charge in [-0.1, -0.05) is 0 Å². The summed E-state index contributed by atoms with van der Waals surface area (Å²) in [5.74, 6) is -8.79. The van der Waals surface area contributed by atoms with Gasteiger partial charge >= 0.3 is 0 Å². The van der Waals surface area contributed by atoms with Crippen molar-refractivity contribution in [2.24, 2.45) is 0 Å². The Morgan fingerprint density at radius 3 is 0.812 bits per heavy atom. The van der Waals surface area contributed by atoms with E-state index in [1.165, 1.54) is 26.0 Å². The first kappa shape index (κ1) is 89.1. The van der Waals surface area contributed by atoms with Gasteiger partial charge in [0.1, 0.15) is 18.3 Å². The van der Waals surface area contributed by atoms with Crippen LogP contribution in [0.25, 0.3) is 0 Å². The van der Waals surface area contributed by atoms with Crippen LogP contribution < -0.4 is 26.6 Å². The fourth-order valence-electron chi connectivity index (χ4n) is 8.42. The minimum Gasteiger partial charge on any atom is -0.394 e. The van der Waals surface area contributed by atoms with Crippen molar-refractivity contribution < 1.29 is 120 Å². The minimum atomic E-state index is -2.24. The van der Waals surface area contributed by atoms with Gasteiger partial charge in [-0.3, -0.25) is 43.2 Å². The summed E-state index contributed by atoms with van der Waals surface area (Å²) >= 11 is 15.4. The molecule has 0 fully saturated rings. The number of amides is 9. The van der Waals surface area contributed by atoms with E-state index in [0.717, 1.165) is 14.7 Å². The summed E-state index contributed by atoms with van der Waals surface area (Å²) < 4.78 is 0.0597. The van der Waals surface area contributed by atoms with Gasteiger partial charge in [0.25, 0.3) is 53.2 Å². The summed E-state index contributed by atoms with van der Waals surface area (Å²) in [5.41, 5.74) is -1.85. The van der Waals surface area contributed by atoms with Crippen molar-refractivity contribution >= 4 is 274 Å². The van der Waals surface area contributed by atoms with Gasteiger partial charge < -0.3 is 123 Å². The van der Waals surface area contributed by atoms with Crippen LogP contribution in [-0.2, 0) is 14.4 Å². The summed E-state index contributed by atoms with van der Waals surface area (Å²) in [6.07, 6.45) is -17.0. The number of nitrogens with one attached hydrogen (secondary N) is 5. The lowest BCUT2D eigenvalue weighted by Crippen LogP contribution is -2.41. The quantitative estimate of drug-likeness (QED) is 0.0213. The first-order chi connectivity index (χ1) is 44.9. The standard InChI is InChI=1S/C54H68I9N9O24/c1-69(10-19(79)13-73)51(93)27-31(55)25(34(58)40(36(27)60)66-48(90)43(85)22(82)16-76)46(88)64-6-4-8-72(54(96)30-33(57)29(53(95)71(3)12-21(81)15-75)38(62)42(39(30)63)68-50(92)45(87)24(84)18-78)9-5-7-65-47(89)26-32(56)28(52(94)70(2)11-20(80)14-74)37(61)41(35(26)59)67-49(91)44(86)23(83)17-77/h19-24,43-45,73-87H,4-18H2,1-3H3,(H,64,88)(H,65,89)(H,66,90)(H,67,91)(H,68,92). The Hall–Kier alpha value is -1.14. The number of anilines is 3. The molecule has 0 aliphatic carbocycles. The van der Waals surface area contributed by atoms with Crippen molar-refractivity contribution in [1.29, 1.82) is 0 Å². The molecule has 0 aliphatic rings. The van der Waals surface area contributed by atoms with Crippen LogP contribution >= 0.6 is 203 Å². The van der Waals surface area contributed by atoms with E-state index in [0.29, 0.717) is 0 Å². The molecule has 3 aromatic rings. The molecule has 9 amide bonds. The van der Waals surface area contributed by atoms with Crippen LogP contribution in [0.2, 0.25) is 0 Å². The molecule has 3 rings (SSSR count). The normalized spacial score (nSPS) is 14.2. The van der Waals surface area contributed by atoms with Gasteiger partial charge in [0.15, 0.2) is 18.3 Å². The predicted octanol–water partition coefficient (Wildman–Crippen LogP) is -2.56. The average molecular weight is 2370 g/mol. The van der Waals surface area contributed by atoms with E-state index < -0.39 is 167 Å². The second-order valence-electron chi connectivity index (χ2n) is 20.8. The fraction of sp³-hybridized carbons (Fsp3) is 0.500. The number of rotatable bonds is 35. The second-order valence-corrected chi connectivity index (χ2v) is 30.5. The number of benzene rings is 3. The highest BCUT2D eigenvalue weighted by atomic mass is 127. The van der Waals surface area contributed by atoms with Crippen LogP contribution in [0.15, 0.2) is 0 Å². The molecule has 0 aromatic heterocycles. The Balaban J connectivity index is 2.30. The second kappa shape index (κ2) is 42.0. The Morgan fingerprint density at radius 2 is 0.573 bits per heavy atom. The van der Waals surface area contributed by atoms with Crippen molar-refractivity contribution in [1.82, 2.24) is 30.2 Å². The smallest absolute Gasteiger partial charge is 0.256 e. The molecule has 536 valence electrons. The number of halogens is 9. The van der Waals surface area contributed by atoms with Crippen LogP contribution in [0.1, 0.15) is 75.0 Å². The summed E-state index contributed by atoms with van der Waals surface area (Å²) in [6, 6.07) is 0. The van der Waals surface area contributed by atoms with Crippen molar-refractivity contribution in [3.63, 3.8) is 0 Å². The molecule has 9 unspecified atom stereocenters. The average Bonchev–Trinajstić information content (AvgIpc) is 0.778.